The van der Waals surface area contributed by atoms with Crippen molar-refractivity contribution < 1.29 is 29.0 Å². The van der Waals surface area contributed by atoms with E-state index in [4.69, 9.17) is 9.47 Å². The molecule has 7 atom stereocenters. The quantitative estimate of drug-likeness (QED) is 0.220. The lowest BCUT2D eigenvalue weighted by atomic mass is 9.80. The summed E-state index contributed by atoms with van der Waals surface area (Å²) < 4.78 is 11.5. The fraction of sp³-hybridized carbons (Fsp3) is 0.700. The lowest BCUT2D eigenvalue weighted by molar-refractivity contribution is -0.133. The number of aromatic nitrogens is 1. The van der Waals surface area contributed by atoms with Crippen molar-refractivity contribution >= 4 is 29.2 Å². The van der Waals surface area contributed by atoms with Gasteiger partial charge in [-0.2, -0.15) is 0 Å². The summed E-state index contributed by atoms with van der Waals surface area (Å²) >= 11 is 1.53. The van der Waals surface area contributed by atoms with Crippen LogP contribution in [0.3, 0.4) is 0 Å². The molecule has 2 saturated heterocycles. The summed E-state index contributed by atoms with van der Waals surface area (Å²) in [7, 11) is 0. The summed E-state index contributed by atoms with van der Waals surface area (Å²) in [6.07, 6.45) is 3.36. The number of aliphatic hydroxyl groups is 1. The van der Waals surface area contributed by atoms with Crippen molar-refractivity contribution in [2.24, 2.45) is 11.8 Å². The van der Waals surface area contributed by atoms with Gasteiger partial charge in [-0.05, 0) is 64.4 Å². The average Bonchev–Trinajstić information content (AvgIpc) is 3.79. The van der Waals surface area contributed by atoms with E-state index in [0.29, 0.717) is 43.3 Å². The number of amides is 3. The first-order valence-corrected chi connectivity index (χ1v) is 20.4. The monoisotopic (exact) mass is 754 g/mol. The molecule has 4 N–H and O–H groups in total. The lowest BCUT2D eigenvalue weighted by Crippen LogP contribution is -2.65. The molecule has 0 bridgehead atoms. The minimum atomic E-state index is -1.00. The van der Waals surface area contributed by atoms with Gasteiger partial charge >= 0.3 is 6.09 Å². The number of rotatable bonds is 14. The molecule has 5 rings (SSSR count). The van der Waals surface area contributed by atoms with Crippen LogP contribution in [0.25, 0.3) is 0 Å². The second-order valence-electron chi connectivity index (χ2n) is 16.8. The zero-order valence-corrected chi connectivity index (χ0v) is 33.5. The molecule has 1 saturated carbocycles. The normalized spacial score (nSPS) is 24.3. The number of β-amino-alcohol motifs (C(OH)–C–C–N with tert-alkyl or cyclic N) is 1. The number of thiazole rings is 1. The van der Waals surface area contributed by atoms with E-state index >= 15 is 0 Å². The number of ether oxygens (including phenoxy) is 2. The Balaban J connectivity index is 1.28. The van der Waals surface area contributed by atoms with E-state index in [1.54, 1.807) is 0 Å². The molecule has 0 radical (unpaired) electrons. The van der Waals surface area contributed by atoms with Gasteiger partial charge in [0.05, 0.1) is 29.0 Å². The molecular formula is C40H62N6O6S. The fourth-order valence-electron chi connectivity index (χ4n) is 7.95. The zero-order valence-electron chi connectivity index (χ0n) is 32.7. The van der Waals surface area contributed by atoms with Crippen LogP contribution in [-0.2, 0) is 32.1 Å². The molecular weight excluding hydrogens is 693 g/mol. The van der Waals surface area contributed by atoms with Crippen LogP contribution in [0.4, 0.5) is 4.79 Å². The van der Waals surface area contributed by atoms with Gasteiger partial charge in [-0.1, -0.05) is 58.0 Å². The van der Waals surface area contributed by atoms with Crippen LogP contribution in [0, 0.1) is 11.8 Å². The number of nitrogens with zero attached hydrogens (tertiary/aromatic N) is 3. The van der Waals surface area contributed by atoms with E-state index in [2.05, 4.69) is 44.6 Å². The predicted molar refractivity (Wildman–Crippen MR) is 207 cm³/mol. The minimum absolute atomic E-state index is 0.00379. The fourth-order valence-corrected chi connectivity index (χ4v) is 8.77. The standard InChI is InChI=1S/C40H62N6O6S/c1-25(2)35(43-39(50)52-23-28-24-53-38(41-28)26(3)4)37(49)42-30(20-27-12-9-8-10-13-27)33(47)22-46-18-17-45(21-32(46)36(48)44-40(5,6)7)31-14-11-15-34-29(31)16-19-51-34/h8-10,12-13,24-26,29-35,47H,11,14-23H2,1-7H3,(H,42,49)(H,43,50)(H,44,48)/t29?,30-,31?,32-,33+,34?,35-/m0/s1. The summed E-state index contributed by atoms with van der Waals surface area (Å²) in [4.78, 5) is 49.8. The van der Waals surface area contributed by atoms with Gasteiger partial charge in [0.2, 0.25) is 11.8 Å². The maximum Gasteiger partial charge on any atom is 0.408 e. The summed E-state index contributed by atoms with van der Waals surface area (Å²) in [5.41, 5.74) is 1.20. The molecule has 1 aromatic heterocycles. The minimum Gasteiger partial charge on any atom is -0.443 e. The van der Waals surface area contributed by atoms with Crippen molar-refractivity contribution in [2.45, 2.75) is 135 Å². The summed E-state index contributed by atoms with van der Waals surface area (Å²) in [5.74, 6) is 0.0391. The Kier molecular flexibility index (Phi) is 14.3. The number of hydrogen-bond donors (Lipinski definition) is 4. The van der Waals surface area contributed by atoms with Gasteiger partial charge in [-0.3, -0.25) is 19.4 Å². The second-order valence-corrected chi connectivity index (χ2v) is 17.6. The molecule has 3 aliphatic rings. The van der Waals surface area contributed by atoms with E-state index in [1.165, 1.54) is 11.3 Å². The van der Waals surface area contributed by atoms with Crippen LogP contribution in [0.15, 0.2) is 35.7 Å². The molecule has 3 amide bonds. The van der Waals surface area contributed by atoms with E-state index in [1.807, 2.05) is 70.3 Å². The van der Waals surface area contributed by atoms with Crippen LogP contribution in [-0.4, -0.2) is 112 Å². The van der Waals surface area contributed by atoms with E-state index < -0.39 is 41.8 Å². The molecule has 294 valence electrons. The van der Waals surface area contributed by atoms with Crippen molar-refractivity contribution in [1.29, 1.82) is 0 Å². The van der Waals surface area contributed by atoms with Crippen molar-refractivity contribution in [1.82, 2.24) is 30.7 Å². The molecule has 3 unspecified atom stereocenters. The summed E-state index contributed by atoms with van der Waals surface area (Å²) in [5, 5.41) is 23.8. The summed E-state index contributed by atoms with van der Waals surface area (Å²) in [6.45, 7) is 16.7. The number of carbonyl (C=O) groups excluding carboxylic acids is 3. The number of alkyl carbamates (subject to hydrolysis) is 1. The van der Waals surface area contributed by atoms with Crippen LogP contribution in [0.2, 0.25) is 0 Å². The highest BCUT2D eigenvalue weighted by atomic mass is 32.1. The van der Waals surface area contributed by atoms with Gasteiger partial charge < -0.3 is 30.5 Å². The van der Waals surface area contributed by atoms with Crippen molar-refractivity contribution in [3.8, 4) is 0 Å². The number of hydrogen-bond acceptors (Lipinski definition) is 10. The highest BCUT2D eigenvalue weighted by Gasteiger charge is 2.44. The Morgan fingerprint density at radius 1 is 1.06 bits per heavy atom. The zero-order chi connectivity index (χ0) is 38.3. The number of piperazine rings is 1. The Labute approximate surface area is 319 Å². The van der Waals surface area contributed by atoms with Crippen molar-refractivity contribution in [3.63, 3.8) is 0 Å². The molecule has 1 aliphatic carbocycles. The van der Waals surface area contributed by atoms with Gasteiger partial charge in [0.15, 0.2) is 0 Å². The number of nitrogens with one attached hydrogen (secondary N) is 3. The Bertz CT molecular complexity index is 1500. The molecule has 2 aliphatic heterocycles. The average molecular weight is 755 g/mol. The molecule has 0 spiro atoms. The Morgan fingerprint density at radius 2 is 1.81 bits per heavy atom. The molecule has 53 heavy (non-hydrogen) atoms. The number of benzene rings is 1. The van der Waals surface area contributed by atoms with Gasteiger partial charge in [-0.25, -0.2) is 9.78 Å². The maximum atomic E-state index is 13.9. The third kappa shape index (κ3) is 11.5. The number of carbonyl (C=O) groups is 3. The van der Waals surface area contributed by atoms with Crippen LogP contribution >= 0.6 is 11.3 Å². The first-order chi connectivity index (χ1) is 25.2. The summed E-state index contributed by atoms with van der Waals surface area (Å²) in [6, 6.07) is 8.04. The Morgan fingerprint density at radius 3 is 2.49 bits per heavy atom. The smallest absolute Gasteiger partial charge is 0.408 e. The number of fused-ring (bicyclic) bond motifs is 1. The third-order valence-electron chi connectivity index (χ3n) is 10.7. The van der Waals surface area contributed by atoms with E-state index in [9.17, 15) is 19.5 Å². The van der Waals surface area contributed by atoms with Gasteiger partial charge in [0.25, 0.3) is 0 Å². The van der Waals surface area contributed by atoms with Gasteiger partial charge in [-0.15, -0.1) is 11.3 Å². The Hall–Kier alpha value is -3.10. The largest absolute Gasteiger partial charge is 0.443 e. The molecule has 3 heterocycles. The molecule has 12 nitrogen and oxygen atoms in total. The maximum absolute atomic E-state index is 13.9. The predicted octanol–water partition coefficient (Wildman–Crippen LogP) is 4.46. The van der Waals surface area contributed by atoms with Gasteiger partial charge in [0.1, 0.15) is 18.7 Å². The van der Waals surface area contributed by atoms with Crippen molar-refractivity contribution in [3.05, 3.63) is 52.0 Å². The third-order valence-corrected chi connectivity index (χ3v) is 11.9. The number of aliphatic hydroxyl groups excluding tert-OH is 1. The molecule has 13 heteroatoms. The second kappa shape index (κ2) is 18.5. The van der Waals surface area contributed by atoms with Crippen LogP contribution < -0.4 is 16.0 Å². The van der Waals surface area contributed by atoms with Gasteiger partial charge in [0, 0.05) is 61.6 Å². The van der Waals surface area contributed by atoms with Crippen LogP contribution in [0.5, 0.6) is 0 Å². The van der Waals surface area contributed by atoms with E-state index in [0.717, 1.165) is 49.4 Å². The highest BCUT2D eigenvalue weighted by molar-refractivity contribution is 7.09. The SMILES string of the molecule is CC(C)c1nc(COC(=O)N[C@H](C(=O)N[C@@H](Cc2ccccc2)[C@H](O)CN2CCN(C3CCCC4OCCC43)C[C@H]2C(=O)NC(C)(C)C)C(C)C)cs1. The topological polar surface area (TPSA) is 145 Å². The van der Waals surface area contributed by atoms with E-state index in [-0.39, 0.29) is 30.9 Å². The first-order valence-electron chi connectivity index (χ1n) is 19.5. The lowest BCUT2D eigenvalue weighted by Gasteiger charge is -2.48. The molecule has 1 aromatic carbocycles. The molecule has 3 fully saturated rings. The van der Waals surface area contributed by atoms with Crippen molar-refractivity contribution in [2.75, 3.05) is 32.8 Å². The first kappa shape index (κ1) is 41.1. The highest BCUT2D eigenvalue weighted by Crippen LogP contribution is 2.38. The van der Waals surface area contributed by atoms with Crippen LogP contribution in [0.1, 0.15) is 96.3 Å². The molecule has 2 aromatic rings.